The number of imide groups is 1. The van der Waals surface area contributed by atoms with Crippen LogP contribution in [0.4, 0.5) is 26.3 Å². The second kappa shape index (κ2) is 10.7. The van der Waals surface area contributed by atoms with Crippen molar-refractivity contribution in [3.05, 3.63) is 41.0 Å². The van der Waals surface area contributed by atoms with Crippen LogP contribution in [-0.2, 0) is 15.2 Å². The summed E-state index contributed by atoms with van der Waals surface area (Å²) in [6.07, 6.45) is -8.36. The molecule has 2 rings (SSSR count). The minimum Gasteiger partial charge on any atom is -0.493 e. The van der Waals surface area contributed by atoms with Crippen LogP contribution in [0.3, 0.4) is 0 Å². The van der Waals surface area contributed by atoms with E-state index in [0.717, 1.165) is 4.90 Å². The summed E-state index contributed by atoms with van der Waals surface area (Å²) < 4.78 is 87.1. The first-order valence-corrected chi connectivity index (χ1v) is 12.0. The van der Waals surface area contributed by atoms with Gasteiger partial charge in [0.05, 0.1) is 12.0 Å². The maximum Gasteiger partial charge on any atom is 0.430 e. The van der Waals surface area contributed by atoms with Gasteiger partial charge < -0.3 is 9.84 Å². The average molecular weight is 538 g/mol. The molecule has 0 fully saturated rings. The van der Waals surface area contributed by atoms with Crippen LogP contribution in [0.15, 0.2) is 24.3 Å². The smallest absolute Gasteiger partial charge is 0.430 e. The van der Waals surface area contributed by atoms with Crippen LogP contribution in [0, 0.1) is 5.41 Å². The lowest BCUT2D eigenvalue weighted by atomic mass is 9.84. The molecule has 0 unspecified atom stereocenters. The predicted molar refractivity (Wildman–Crippen MR) is 125 cm³/mol. The number of hydrogen-bond acceptors (Lipinski definition) is 4. The number of unbranched alkanes of at least 4 members (excludes halogenated alkanes) is 1. The first-order chi connectivity index (χ1) is 16.8. The highest BCUT2D eigenvalue weighted by Crippen LogP contribution is 2.52. The van der Waals surface area contributed by atoms with Crippen molar-refractivity contribution in [2.45, 2.75) is 84.2 Å². The van der Waals surface area contributed by atoms with Crippen LogP contribution in [0.2, 0.25) is 0 Å². The zero-order valence-electron chi connectivity index (χ0n) is 21.7. The Morgan fingerprint density at radius 1 is 0.919 bits per heavy atom. The van der Waals surface area contributed by atoms with Crippen molar-refractivity contribution in [2.24, 2.45) is 5.41 Å². The van der Waals surface area contributed by atoms with Gasteiger partial charge >= 0.3 is 12.4 Å². The van der Waals surface area contributed by atoms with Gasteiger partial charge in [-0.25, -0.2) is 0 Å². The number of aliphatic hydroxyl groups is 1. The largest absolute Gasteiger partial charge is 0.493 e. The molecule has 0 spiro atoms. The van der Waals surface area contributed by atoms with E-state index in [4.69, 9.17) is 4.74 Å². The summed E-state index contributed by atoms with van der Waals surface area (Å²) in [5.74, 6) is -1.63. The van der Waals surface area contributed by atoms with Gasteiger partial charge in [-0.1, -0.05) is 33.8 Å². The molecule has 1 N–H and O–H groups in total. The Morgan fingerprint density at radius 2 is 1.41 bits per heavy atom. The van der Waals surface area contributed by atoms with Crippen LogP contribution >= 0.6 is 0 Å². The van der Waals surface area contributed by atoms with E-state index in [1.165, 1.54) is 6.08 Å². The van der Waals surface area contributed by atoms with Gasteiger partial charge in [0, 0.05) is 18.2 Å². The molecule has 0 bridgehead atoms. The number of rotatable bonds is 9. The van der Waals surface area contributed by atoms with Crippen molar-refractivity contribution in [1.29, 1.82) is 0 Å². The summed E-state index contributed by atoms with van der Waals surface area (Å²) in [7, 11) is 0. The van der Waals surface area contributed by atoms with Gasteiger partial charge in [0.15, 0.2) is 0 Å². The maximum absolute atomic E-state index is 13.5. The van der Waals surface area contributed by atoms with Crippen LogP contribution in [0.5, 0.6) is 5.75 Å². The molecule has 1 aromatic rings. The van der Waals surface area contributed by atoms with E-state index in [9.17, 15) is 41.0 Å². The Hall–Kier alpha value is -2.56. The van der Waals surface area contributed by atoms with Gasteiger partial charge in [0.25, 0.3) is 11.5 Å². The Morgan fingerprint density at radius 3 is 1.84 bits per heavy atom. The Labute approximate surface area is 212 Å². The number of ether oxygens (including phenoxy) is 1. The minimum atomic E-state index is -6.00. The maximum atomic E-state index is 13.5. The SMILES string of the molecule is CC(C)c1cc(C(O)(C(F)(F)F)C(F)(F)F)cc(C(C)C)c1OCCCCN1C(=O)C=CC(C)(C)C1=O. The highest BCUT2D eigenvalue weighted by atomic mass is 19.4. The molecule has 0 radical (unpaired) electrons. The Kier molecular flexibility index (Phi) is 8.84. The predicted octanol–water partition coefficient (Wildman–Crippen LogP) is 6.36. The molecule has 1 aromatic carbocycles. The fourth-order valence-electron chi connectivity index (χ4n) is 4.04. The molecule has 0 atom stereocenters. The number of carbonyl (C=O) groups excluding carboxylic acids is 2. The van der Waals surface area contributed by atoms with Gasteiger partial charge in [0.1, 0.15) is 5.75 Å². The van der Waals surface area contributed by atoms with E-state index >= 15 is 0 Å². The summed E-state index contributed by atoms with van der Waals surface area (Å²) in [5.41, 5.74) is -6.96. The lowest BCUT2D eigenvalue weighted by molar-refractivity contribution is -0.376. The number of nitrogens with zero attached hydrogens (tertiary/aromatic N) is 1. The van der Waals surface area contributed by atoms with Crippen molar-refractivity contribution >= 4 is 11.8 Å². The molecular formula is C26H33F6NO4. The number of benzene rings is 1. The molecule has 5 nitrogen and oxygen atoms in total. The van der Waals surface area contributed by atoms with Crippen LogP contribution < -0.4 is 4.74 Å². The van der Waals surface area contributed by atoms with Crippen LogP contribution in [0.1, 0.15) is 82.9 Å². The van der Waals surface area contributed by atoms with Gasteiger partial charge in [-0.15, -0.1) is 0 Å². The molecule has 1 aliphatic rings. The fraction of sp³-hybridized carbons (Fsp3) is 0.615. The van der Waals surface area contributed by atoms with Gasteiger partial charge in [-0.3, -0.25) is 14.5 Å². The summed E-state index contributed by atoms with van der Waals surface area (Å²) >= 11 is 0. The van der Waals surface area contributed by atoms with Gasteiger partial charge in [0.2, 0.25) is 5.91 Å². The number of alkyl halides is 6. The molecule has 0 aliphatic carbocycles. The van der Waals surface area contributed by atoms with Gasteiger partial charge in [-0.05, 0) is 61.8 Å². The number of halogens is 6. The second-order valence-corrected chi connectivity index (χ2v) is 10.4. The molecule has 0 saturated heterocycles. The normalized spacial score (nSPS) is 16.8. The van der Waals surface area contributed by atoms with Crippen molar-refractivity contribution in [1.82, 2.24) is 4.90 Å². The zero-order valence-corrected chi connectivity index (χ0v) is 21.7. The third kappa shape index (κ3) is 6.13. The fourth-order valence-corrected chi connectivity index (χ4v) is 4.04. The van der Waals surface area contributed by atoms with E-state index in [-0.39, 0.29) is 35.9 Å². The van der Waals surface area contributed by atoms with Crippen molar-refractivity contribution < 1.29 is 45.8 Å². The highest BCUT2D eigenvalue weighted by molar-refractivity contribution is 6.06. The first kappa shape index (κ1) is 30.7. The molecule has 11 heteroatoms. The van der Waals surface area contributed by atoms with Crippen LogP contribution in [-0.4, -0.2) is 47.3 Å². The van der Waals surface area contributed by atoms with E-state index < -0.39 is 46.7 Å². The molecular weight excluding hydrogens is 504 g/mol. The first-order valence-electron chi connectivity index (χ1n) is 12.0. The summed E-state index contributed by atoms with van der Waals surface area (Å²) in [4.78, 5) is 25.7. The van der Waals surface area contributed by atoms with Crippen molar-refractivity contribution in [3.63, 3.8) is 0 Å². The van der Waals surface area contributed by atoms with E-state index in [1.807, 2.05) is 0 Å². The monoisotopic (exact) mass is 537 g/mol. The molecule has 1 heterocycles. The molecule has 1 aliphatic heterocycles. The molecule has 2 amide bonds. The number of hydrogen-bond donors (Lipinski definition) is 1. The Balaban J connectivity index is 2.31. The third-order valence-electron chi connectivity index (χ3n) is 6.36. The van der Waals surface area contributed by atoms with Crippen molar-refractivity contribution in [3.8, 4) is 5.75 Å². The van der Waals surface area contributed by atoms with E-state index in [2.05, 4.69) is 0 Å². The standard InChI is InChI=1S/C26H33F6NO4/c1-15(2)18-13-17(24(36,25(27,28)29)26(30,31)32)14-19(16(3)4)21(18)37-12-8-7-11-33-20(34)9-10-23(5,6)22(33)35/h9-10,13-16,36H,7-8,11-12H2,1-6H3. The van der Waals surface area contributed by atoms with E-state index in [0.29, 0.717) is 25.0 Å². The van der Waals surface area contributed by atoms with E-state index in [1.54, 1.807) is 47.6 Å². The summed E-state index contributed by atoms with van der Waals surface area (Å²) in [6, 6.07) is 1.40. The highest BCUT2D eigenvalue weighted by Gasteiger charge is 2.71. The zero-order chi connectivity index (χ0) is 28.6. The lowest BCUT2D eigenvalue weighted by Gasteiger charge is -2.34. The topological polar surface area (TPSA) is 66.8 Å². The molecule has 37 heavy (non-hydrogen) atoms. The number of amides is 2. The molecule has 208 valence electrons. The lowest BCUT2D eigenvalue weighted by Crippen LogP contribution is -2.54. The van der Waals surface area contributed by atoms with Gasteiger partial charge in [-0.2, -0.15) is 26.3 Å². The minimum absolute atomic E-state index is 0.0526. The van der Waals surface area contributed by atoms with Crippen LogP contribution in [0.25, 0.3) is 0 Å². The summed E-state index contributed by atoms with van der Waals surface area (Å²) in [6.45, 7) is 9.97. The second-order valence-electron chi connectivity index (χ2n) is 10.4. The molecule has 0 aromatic heterocycles. The quantitative estimate of drug-likeness (QED) is 0.226. The molecule has 0 saturated carbocycles. The number of carbonyl (C=O) groups is 2. The summed E-state index contributed by atoms with van der Waals surface area (Å²) in [5, 5.41) is 9.95. The average Bonchev–Trinajstić information content (AvgIpc) is 2.75. The van der Waals surface area contributed by atoms with Crippen molar-refractivity contribution in [2.75, 3.05) is 13.2 Å². The third-order valence-corrected chi connectivity index (χ3v) is 6.36. The Bertz CT molecular complexity index is 997.